The molecule has 0 spiro atoms. The van der Waals surface area contributed by atoms with Crippen molar-refractivity contribution in [1.29, 1.82) is 0 Å². The molecule has 226 valence electrons. The predicted octanol–water partition coefficient (Wildman–Crippen LogP) is 8.89. The Morgan fingerprint density at radius 3 is 2.66 bits per heavy atom. The van der Waals surface area contributed by atoms with Crippen molar-refractivity contribution in [2.75, 3.05) is 11.5 Å². The fourth-order valence-electron chi connectivity index (χ4n) is 4.65. The molecule has 0 saturated heterocycles. The van der Waals surface area contributed by atoms with Crippen molar-refractivity contribution in [3.63, 3.8) is 0 Å². The van der Waals surface area contributed by atoms with Gasteiger partial charge in [0.1, 0.15) is 5.75 Å². The van der Waals surface area contributed by atoms with E-state index in [1.165, 1.54) is 34.1 Å². The van der Waals surface area contributed by atoms with Crippen LogP contribution >= 0.6 is 46.3 Å². The maximum Gasteiger partial charge on any atom is 0.296 e. The van der Waals surface area contributed by atoms with Gasteiger partial charge in [0.2, 0.25) is 5.13 Å². The standard InChI is InChI=1S/C33H29Cl2N3O4S2/c1-2-3-7-17-42-25-12-8-11-22(18-25)29-28(27(39)16-13-21-9-5-4-6-10-21)30(40)31(41)38(29)32-36-37-33(44-32)43-20-23-14-15-24(34)19-26(23)35/h4-6,8-16,18-19,29,40H,2-3,7,17,20H2,1H3/b16-13+. The summed E-state index contributed by atoms with van der Waals surface area (Å²) < 4.78 is 6.56. The molecular weight excluding hydrogens is 637 g/mol. The lowest BCUT2D eigenvalue weighted by atomic mass is 9.95. The number of hydrogen-bond acceptors (Lipinski definition) is 8. The first-order valence-corrected chi connectivity index (χ1v) is 16.6. The Hall–Kier alpha value is -3.63. The van der Waals surface area contributed by atoms with Gasteiger partial charge in [-0.25, -0.2) is 0 Å². The molecule has 1 unspecified atom stereocenters. The van der Waals surface area contributed by atoms with Crippen LogP contribution in [0.25, 0.3) is 6.08 Å². The third-order valence-corrected chi connectivity index (χ3v) is 9.55. The van der Waals surface area contributed by atoms with Crippen LogP contribution in [0.15, 0.2) is 94.5 Å². The van der Waals surface area contributed by atoms with Gasteiger partial charge in [0.25, 0.3) is 5.91 Å². The van der Waals surface area contributed by atoms with Crippen molar-refractivity contribution in [2.24, 2.45) is 0 Å². The van der Waals surface area contributed by atoms with Gasteiger partial charge in [0.05, 0.1) is 18.2 Å². The van der Waals surface area contributed by atoms with Crippen molar-refractivity contribution >= 4 is 69.2 Å². The number of aliphatic hydroxyl groups is 1. The number of aliphatic hydroxyl groups excluding tert-OH is 1. The lowest BCUT2D eigenvalue weighted by molar-refractivity contribution is -0.117. The number of thioether (sulfide) groups is 1. The van der Waals surface area contributed by atoms with Crippen molar-refractivity contribution in [3.8, 4) is 5.75 Å². The van der Waals surface area contributed by atoms with Gasteiger partial charge in [-0.15, -0.1) is 10.2 Å². The first-order chi connectivity index (χ1) is 21.4. The second-order valence-corrected chi connectivity index (χ2v) is 13.0. The predicted molar refractivity (Wildman–Crippen MR) is 178 cm³/mol. The largest absolute Gasteiger partial charge is 0.503 e. The highest BCUT2D eigenvalue weighted by Crippen LogP contribution is 2.44. The van der Waals surface area contributed by atoms with Crippen LogP contribution in [0, 0.1) is 0 Å². The van der Waals surface area contributed by atoms with Gasteiger partial charge < -0.3 is 9.84 Å². The molecule has 0 bridgehead atoms. The molecule has 7 nitrogen and oxygen atoms in total. The minimum atomic E-state index is -0.939. The monoisotopic (exact) mass is 665 g/mol. The number of carbonyl (C=O) groups excluding carboxylic acids is 2. The highest BCUT2D eigenvalue weighted by molar-refractivity contribution is 8.00. The number of anilines is 1. The van der Waals surface area contributed by atoms with Crippen LogP contribution in [0.3, 0.4) is 0 Å². The van der Waals surface area contributed by atoms with Gasteiger partial charge >= 0.3 is 0 Å². The maximum absolute atomic E-state index is 13.6. The van der Waals surface area contributed by atoms with Gasteiger partial charge in [-0.05, 0) is 53.5 Å². The molecule has 1 aliphatic heterocycles. The minimum Gasteiger partial charge on any atom is -0.503 e. The molecule has 1 N–H and O–H groups in total. The summed E-state index contributed by atoms with van der Waals surface area (Å²) in [4.78, 5) is 28.5. The normalized spacial score (nSPS) is 15.0. The van der Waals surface area contributed by atoms with Crippen LogP contribution in [-0.2, 0) is 15.3 Å². The van der Waals surface area contributed by atoms with Crippen LogP contribution in [0.5, 0.6) is 5.75 Å². The van der Waals surface area contributed by atoms with Gasteiger partial charge in [-0.2, -0.15) is 0 Å². The molecule has 0 radical (unpaired) electrons. The number of hydrogen-bond donors (Lipinski definition) is 1. The Balaban J connectivity index is 1.45. The Labute approximate surface area is 274 Å². The van der Waals surface area contributed by atoms with Gasteiger partial charge in [0.15, 0.2) is 15.9 Å². The van der Waals surface area contributed by atoms with E-state index < -0.39 is 23.5 Å². The highest BCUT2D eigenvalue weighted by atomic mass is 35.5. The molecule has 1 amide bonds. The van der Waals surface area contributed by atoms with Crippen LogP contribution in [0.1, 0.15) is 48.9 Å². The molecule has 11 heteroatoms. The number of ketones is 1. The first-order valence-electron chi connectivity index (χ1n) is 14.0. The van der Waals surface area contributed by atoms with Crippen LogP contribution in [0.2, 0.25) is 10.0 Å². The Morgan fingerprint density at radius 1 is 1.07 bits per heavy atom. The number of allylic oxidation sites excluding steroid dienone is 1. The molecular formula is C33H29Cl2N3O4S2. The quantitative estimate of drug-likeness (QED) is 0.0660. The first kappa shape index (κ1) is 31.8. The van der Waals surface area contributed by atoms with E-state index in [0.717, 1.165) is 30.4 Å². The van der Waals surface area contributed by atoms with E-state index in [9.17, 15) is 14.7 Å². The van der Waals surface area contributed by atoms with Crippen molar-refractivity contribution in [1.82, 2.24) is 10.2 Å². The smallest absolute Gasteiger partial charge is 0.296 e. The molecule has 2 heterocycles. The SMILES string of the molecule is CCCCCOc1cccc(C2C(C(=O)/C=C/c3ccccc3)=C(O)C(=O)N2c2nnc(SCc3ccc(Cl)cc3Cl)s2)c1. The third kappa shape index (κ3) is 7.53. The van der Waals surface area contributed by atoms with Crippen LogP contribution < -0.4 is 9.64 Å². The number of unbranched alkanes of at least 4 members (excludes halogenated alkanes) is 2. The Morgan fingerprint density at radius 2 is 1.89 bits per heavy atom. The zero-order valence-electron chi connectivity index (χ0n) is 23.8. The highest BCUT2D eigenvalue weighted by Gasteiger charge is 2.45. The summed E-state index contributed by atoms with van der Waals surface area (Å²) in [5.74, 6) is -0.717. The fraction of sp³-hybridized carbons (Fsp3) is 0.212. The second-order valence-electron chi connectivity index (χ2n) is 9.95. The van der Waals surface area contributed by atoms with Crippen molar-refractivity contribution < 1.29 is 19.4 Å². The van der Waals surface area contributed by atoms with E-state index in [4.69, 9.17) is 27.9 Å². The number of amides is 1. The summed E-state index contributed by atoms with van der Waals surface area (Å²) in [7, 11) is 0. The van der Waals surface area contributed by atoms with E-state index in [2.05, 4.69) is 17.1 Å². The molecule has 3 aromatic carbocycles. The summed E-state index contributed by atoms with van der Waals surface area (Å²) in [6.45, 7) is 2.67. The molecule has 1 aromatic heterocycles. The van der Waals surface area contributed by atoms with Gasteiger partial charge in [-0.1, -0.05) is 121 Å². The number of halogens is 2. The maximum atomic E-state index is 13.6. The van der Waals surface area contributed by atoms with E-state index in [1.807, 2.05) is 48.5 Å². The van der Waals surface area contributed by atoms with Gasteiger partial charge in [-0.3, -0.25) is 14.5 Å². The lowest BCUT2D eigenvalue weighted by Crippen LogP contribution is -2.30. The second kappa shape index (κ2) is 14.9. The molecule has 1 aliphatic rings. The van der Waals surface area contributed by atoms with Gasteiger partial charge in [0, 0.05) is 15.8 Å². The topological polar surface area (TPSA) is 92.6 Å². The number of aromatic nitrogens is 2. The number of benzene rings is 3. The zero-order chi connectivity index (χ0) is 31.1. The Bertz CT molecular complexity index is 1710. The van der Waals surface area contributed by atoms with Crippen molar-refractivity contribution in [3.05, 3.63) is 117 Å². The molecule has 4 aromatic rings. The van der Waals surface area contributed by atoms with E-state index in [-0.39, 0.29) is 10.7 Å². The van der Waals surface area contributed by atoms with E-state index >= 15 is 0 Å². The summed E-state index contributed by atoms with van der Waals surface area (Å²) in [5, 5.41) is 21.0. The minimum absolute atomic E-state index is 0.0392. The molecule has 0 saturated carbocycles. The summed E-state index contributed by atoms with van der Waals surface area (Å²) in [6, 6.07) is 20.9. The van der Waals surface area contributed by atoms with E-state index in [1.54, 1.807) is 30.3 Å². The number of nitrogens with zero attached hydrogens (tertiary/aromatic N) is 3. The molecule has 0 fully saturated rings. The van der Waals surface area contributed by atoms with Crippen LogP contribution in [-0.4, -0.2) is 33.6 Å². The van der Waals surface area contributed by atoms with E-state index in [0.29, 0.717) is 38.1 Å². The number of ether oxygens (including phenoxy) is 1. The zero-order valence-corrected chi connectivity index (χ0v) is 26.9. The average molecular weight is 667 g/mol. The molecule has 44 heavy (non-hydrogen) atoms. The summed E-state index contributed by atoms with van der Waals surface area (Å²) in [6.07, 6.45) is 6.06. The average Bonchev–Trinajstić information content (AvgIpc) is 3.60. The molecule has 5 rings (SSSR count). The van der Waals surface area contributed by atoms with Crippen molar-refractivity contribution in [2.45, 2.75) is 42.3 Å². The molecule has 1 atom stereocenters. The lowest BCUT2D eigenvalue weighted by Gasteiger charge is -2.24. The fourth-order valence-corrected chi connectivity index (χ4v) is 7.07. The third-order valence-electron chi connectivity index (χ3n) is 6.86. The van der Waals surface area contributed by atoms with Crippen LogP contribution in [0.4, 0.5) is 5.13 Å². The summed E-state index contributed by atoms with van der Waals surface area (Å²) >= 11 is 14.9. The molecule has 0 aliphatic carbocycles. The number of carbonyl (C=O) groups is 2. The number of rotatable bonds is 13. The Kier molecular flexibility index (Phi) is 10.8. The summed E-state index contributed by atoms with van der Waals surface area (Å²) in [5.41, 5.74) is 2.25.